The number of aryl methyl sites for hydroxylation is 2. The molecule has 1 heterocycles. The van der Waals surface area contributed by atoms with Crippen LogP contribution in [0.4, 0.5) is 30.5 Å². The number of hydrogen-bond donors (Lipinski definition) is 2. The van der Waals surface area contributed by atoms with Crippen LogP contribution in [-0.2, 0) is 6.18 Å². The quantitative estimate of drug-likeness (QED) is 0.654. The van der Waals surface area contributed by atoms with E-state index < -0.39 is 17.6 Å². The van der Waals surface area contributed by atoms with E-state index in [-0.39, 0.29) is 11.3 Å². The van der Waals surface area contributed by atoms with Crippen molar-refractivity contribution >= 4 is 23.2 Å². The van der Waals surface area contributed by atoms with Crippen molar-refractivity contribution in [2.75, 3.05) is 10.6 Å². The molecule has 2 N–H and O–H groups in total. The van der Waals surface area contributed by atoms with Crippen molar-refractivity contribution in [1.29, 1.82) is 0 Å². The van der Waals surface area contributed by atoms with Gasteiger partial charge in [0.2, 0.25) is 5.95 Å². The molecule has 28 heavy (non-hydrogen) atoms. The van der Waals surface area contributed by atoms with Crippen LogP contribution in [0.1, 0.15) is 27.0 Å². The second-order valence-electron chi connectivity index (χ2n) is 6.22. The van der Waals surface area contributed by atoms with Gasteiger partial charge in [0.25, 0.3) is 5.91 Å². The maximum absolute atomic E-state index is 12.8. The predicted molar refractivity (Wildman–Crippen MR) is 101 cm³/mol. The molecule has 1 amide bonds. The SMILES string of the molecule is Cc1cccc(C)c1Nc1ncc(C(=O)Nc2cccc(C(F)(F)F)c2)cn1. The first kappa shape index (κ1) is 19.3. The molecule has 0 saturated heterocycles. The first-order valence-corrected chi connectivity index (χ1v) is 8.38. The number of amides is 1. The molecule has 0 saturated carbocycles. The zero-order valence-corrected chi connectivity index (χ0v) is 15.1. The topological polar surface area (TPSA) is 66.9 Å². The van der Waals surface area contributed by atoms with E-state index in [9.17, 15) is 18.0 Å². The van der Waals surface area contributed by atoms with Crippen molar-refractivity contribution in [2.24, 2.45) is 0 Å². The fourth-order valence-corrected chi connectivity index (χ4v) is 2.61. The summed E-state index contributed by atoms with van der Waals surface area (Å²) in [7, 11) is 0. The molecule has 0 aliphatic carbocycles. The maximum atomic E-state index is 12.8. The van der Waals surface area contributed by atoms with Crippen LogP contribution in [0, 0.1) is 13.8 Å². The number of nitrogens with one attached hydrogen (secondary N) is 2. The molecule has 0 aliphatic rings. The molecule has 0 spiro atoms. The normalized spacial score (nSPS) is 11.2. The Hall–Kier alpha value is -3.42. The second kappa shape index (κ2) is 7.67. The van der Waals surface area contributed by atoms with Crippen LogP contribution >= 0.6 is 0 Å². The Morgan fingerprint density at radius 3 is 2.18 bits per heavy atom. The van der Waals surface area contributed by atoms with Gasteiger partial charge in [0.1, 0.15) is 0 Å². The van der Waals surface area contributed by atoms with E-state index in [1.54, 1.807) is 0 Å². The largest absolute Gasteiger partial charge is 0.416 e. The summed E-state index contributed by atoms with van der Waals surface area (Å²) < 4.78 is 38.3. The molecule has 0 radical (unpaired) electrons. The second-order valence-corrected chi connectivity index (χ2v) is 6.22. The van der Waals surface area contributed by atoms with Crippen LogP contribution in [-0.4, -0.2) is 15.9 Å². The number of carbonyl (C=O) groups is 1. The molecule has 0 aliphatic heterocycles. The first-order valence-electron chi connectivity index (χ1n) is 8.38. The van der Waals surface area contributed by atoms with Gasteiger partial charge < -0.3 is 10.6 Å². The van der Waals surface area contributed by atoms with Crippen molar-refractivity contribution < 1.29 is 18.0 Å². The summed E-state index contributed by atoms with van der Waals surface area (Å²) in [6.45, 7) is 3.90. The molecule has 144 valence electrons. The van der Waals surface area contributed by atoms with E-state index in [2.05, 4.69) is 20.6 Å². The highest BCUT2D eigenvalue weighted by Crippen LogP contribution is 2.30. The lowest BCUT2D eigenvalue weighted by Gasteiger charge is -2.12. The molecule has 5 nitrogen and oxygen atoms in total. The van der Waals surface area contributed by atoms with Gasteiger partial charge >= 0.3 is 6.18 Å². The Kier molecular flexibility index (Phi) is 5.30. The average molecular weight is 386 g/mol. The molecule has 0 atom stereocenters. The predicted octanol–water partition coefficient (Wildman–Crippen LogP) is 5.11. The number of aromatic nitrogens is 2. The zero-order chi connectivity index (χ0) is 20.3. The van der Waals surface area contributed by atoms with Crippen LogP contribution in [0.3, 0.4) is 0 Å². The van der Waals surface area contributed by atoms with E-state index in [0.29, 0.717) is 5.95 Å². The Morgan fingerprint density at radius 1 is 0.964 bits per heavy atom. The van der Waals surface area contributed by atoms with Crippen molar-refractivity contribution in [3.05, 3.63) is 77.1 Å². The molecule has 8 heteroatoms. The summed E-state index contributed by atoms with van der Waals surface area (Å²) in [5.74, 6) is -0.286. The summed E-state index contributed by atoms with van der Waals surface area (Å²) in [5.41, 5.74) is 2.25. The van der Waals surface area contributed by atoms with Crippen molar-refractivity contribution in [3.63, 3.8) is 0 Å². The molecule has 0 fully saturated rings. The molecule has 2 aromatic carbocycles. The number of halogens is 3. The first-order chi connectivity index (χ1) is 13.2. The molecular weight excluding hydrogens is 369 g/mol. The van der Waals surface area contributed by atoms with E-state index >= 15 is 0 Å². The van der Waals surface area contributed by atoms with Crippen molar-refractivity contribution in [1.82, 2.24) is 9.97 Å². The molecule has 1 aromatic heterocycles. The molecule has 3 rings (SSSR count). The van der Waals surface area contributed by atoms with Gasteiger partial charge in [-0.1, -0.05) is 24.3 Å². The third-order valence-corrected chi connectivity index (χ3v) is 4.08. The van der Waals surface area contributed by atoms with Gasteiger partial charge in [-0.15, -0.1) is 0 Å². The van der Waals surface area contributed by atoms with Crippen LogP contribution < -0.4 is 10.6 Å². The maximum Gasteiger partial charge on any atom is 0.416 e. The molecule has 0 unspecified atom stereocenters. The number of carbonyl (C=O) groups excluding carboxylic acids is 1. The van der Waals surface area contributed by atoms with E-state index in [1.807, 2.05) is 32.0 Å². The Labute approximate surface area is 159 Å². The summed E-state index contributed by atoms with van der Waals surface area (Å²) in [5, 5.41) is 5.52. The van der Waals surface area contributed by atoms with Crippen LogP contribution in [0.5, 0.6) is 0 Å². The summed E-state index contributed by atoms with van der Waals surface area (Å²) in [4.78, 5) is 20.5. The lowest BCUT2D eigenvalue weighted by Crippen LogP contribution is -2.14. The average Bonchev–Trinajstić information content (AvgIpc) is 2.65. The zero-order valence-electron chi connectivity index (χ0n) is 15.1. The highest BCUT2D eigenvalue weighted by Gasteiger charge is 2.30. The Bertz CT molecular complexity index is 981. The van der Waals surface area contributed by atoms with Crippen LogP contribution in [0.25, 0.3) is 0 Å². The highest BCUT2D eigenvalue weighted by molar-refractivity contribution is 6.03. The number of para-hydroxylation sites is 1. The van der Waals surface area contributed by atoms with Gasteiger partial charge in [0.05, 0.1) is 11.1 Å². The van der Waals surface area contributed by atoms with E-state index in [1.165, 1.54) is 24.5 Å². The highest BCUT2D eigenvalue weighted by atomic mass is 19.4. The lowest BCUT2D eigenvalue weighted by atomic mass is 10.1. The number of nitrogens with zero attached hydrogens (tertiary/aromatic N) is 2. The molecule has 3 aromatic rings. The Morgan fingerprint density at radius 2 is 1.57 bits per heavy atom. The van der Waals surface area contributed by atoms with E-state index in [0.717, 1.165) is 28.9 Å². The third-order valence-electron chi connectivity index (χ3n) is 4.08. The number of alkyl halides is 3. The van der Waals surface area contributed by atoms with Crippen LogP contribution in [0.15, 0.2) is 54.9 Å². The minimum Gasteiger partial charge on any atom is -0.324 e. The smallest absolute Gasteiger partial charge is 0.324 e. The standard InChI is InChI=1S/C20H17F3N4O/c1-12-5-3-6-13(2)17(12)27-19-24-10-14(11-25-19)18(28)26-16-8-4-7-15(9-16)20(21,22)23/h3-11H,1-2H3,(H,26,28)(H,24,25,27). The molecular formula is C20H17F3N4O. The van der Waals surface area contributed by atoms with Gasteiger partial charge in [-0.2, -0.15) is 13.2 Å². The number of benzene rings is 2. The van der Waals surface area contributed by atoms with Crippen LogP contribution in [0.2, 0.25) is 0 Å². The van der Waals surface area contributed by atoms with Gasteiger partial charge in [0, 0.05) is 23.8 Å². The minimum atomic E-state index is -4.48. The Balaban J connectivity index is 1.72. The van der Waals surface area contributed by atoms with Gasteiger partial charge in [0.15, 0.2) is 0 Å². The number of rotatable bonds is 4. The summed E-state index contributed by atoms with van der Waals surface area (Å²) in [6.07, 6.45) is -1.86. The van der Waals surface area contributed by atoms with E-state index in [4.69, 9.17) is 0 Å². The number of hydrogen-bond acceptors (Lipinski definition) is 4. The third kappa shape index (κ3) is 4.46. The minimum absolute atomic E-state index is 0.0394. The fraction of sp³-hybridized carbons (Fsp3) is 0.150. The summed E-state index contributed by atoms with van der Waals surface area (Å²) >= 11 is 0. The van der Waals surface area contributed by atoms with Crippen molar-refractivity contribution in [2.45, 2.75) is 20.0 Å². The number of anilines is 3. The summed E-state index contributed by atoms with van der Waals surface area (Å²) in [6, 6.07) is 10.3. The lowest BCUT2D eigenvalue weighted by molar-refractivity contribution is -0.137. The fourth-order valence-electron chi connectivity index (χ4n) is 2.61. The van der Waals surface area contributed by atoms with Gasteiger partial charge in [-0.05, 0) is 43.2 Å². The monoisotopic (exact) mass is 386 g/mol. The molecule has 0 bridgehead atoms. The van der Waals surface area contributed by atoms with Gasteiger partial charge in [-0.3, -0.25) is 4.79 Å². The van der Waals surface area contributed by atoms with Crippen molar-refractivity contribution in [3.8, 4) is 0 Å². The van der Waals surface area contributed by atoms with Gasteiger partial charge in [-0.25, -0.2) is 9.97 Å².